The Morgan fingerprint density at radius 2 is 2.19 bits per heavy atom. The molecular formula is C17H17N3O5S. The largest absolute Gasteiger partial charge is 0.487 e. The van der Waals surface area contributed by atoms with Crippen LogP contribution in [0.25, 0.3) is 0 Å². The first kappa shape index (κ1) is 16.8. The van der Waals surface area contributed by atoms with Gasteiger partial charge in [0.1, 0.15) is 17.6 Å². The van der Waals surface area contributed by atoms with Gasteiger partial charge in [0.15, 0.2) is 6.61 Å². The highest BCUT2D eigenvalue weighted by Crippen LogP contribution is 2.32. The maximum atomic E-state index is 12.9. The zero-order chi connectivity index (χ0) is 18.1. The van der Waals surface area contributed by atoms with Crippen LogP contribution in [-0.4, -0.2) is 49.4 Å². The molecule has 9 heteroatoms. The van der Waals surface area contributed by atoms with E-state index in [1.165, 1.54) is 16.4 Å². The average molecular weight is 375 g/mol. The molecule has 3 heterocycles. The fraction of sp³-hybridized carbons (Fsp3) is 0.294. The highest BCUT2D eigenvalue weighted by molar-refractivity contribution is 7.89. The van der Waals surface area contributed by atoms with Gasteiger partial charge in [-0.25, -0.2) is 8.42 Å². The molecule has 1 saturated heterocycles. The Labute approximate surface area is 150 Å². The van der Waals surface area contributed by atoms with E-state index in [1.54, 1.807) is 30.6 Å². The number of anilines is 1. The fourth-order valence-corrected chi connectivity index (χ4v) is 4.51. The van der Waals surface area contributed by atoms with E-state index in [0.29, 0.717) is 30.2 Å². The molecule has 26 heavy (non-hydrogen) atoms. The molecule has 4 rings (SSSR count). The Morgan fingerprint density at radius 3 is 3.00 bits per heavy atom. The molecule has 0 bridgehead atoms. The summed E-state index contributed by atoms with van der Waals surface area (Å²) in [5.74, 6) is 0.770. The number of aromatic nitrogens is 1. The van der Waals surface area contributed by atoms with Gasteiger partial charge in [-0.1, -0.05) is 0 Å². The van der Waals surface area contributed by atoms with E-state index in [-0.39, 0.29) is 30.1 Å². The topological polar surface area (TPSA) is 97.8 Å². The average Bonchev–Trinajstić information content (AvgIpc) is 3.11. The van der Waals surface area contributed by atoms with Crippen LogP contribution in [0.5, 0.6) is 11.5 Å². The Hall–Kier alpha value is -2.65. The van der Waals surface area contributed by atoms with E-state index < -0.39 is 10.0 Å². The third-order valence-electron chi connectivity index (χ3n) is 4.27. The van der Waals surface area contributed by atoms with Gasteiger partial charge in [-0.2, -0.15) is 4.31 Å². The minimum Gasteiger partial charge on any atom is -0.487 e. The van der Waals surface area contributed by atoms with Crippen molar-refractivity contribution >= 4 is 21.6 Å². The van der Waals surface area contributed by atoms with Crippen molar-refractivity contribution in [2.24, 2.45) is 0 Å². The van der Waals surface area contributed by atoms with Gasteiger partial charge in [-0.05, 0) is 36.8 Å². The molecule has 0 aliphatic carbocycles. The summed E-state index contributed by atoms with van der Waals surface area (Å²) in [6.45, 7) is 0.558. The second-order valence-corrected chi connectivity index (χ2v) is 8.01. The van der Waals surface area contributed by atoms with Crippen LogP contribution >= 0.6 is 0 Å². The molecule has 1 aromatic heterocycles. The van der Waals surface area contributed by atoms with Gasteiger partial charge >= 0.3 is 0 Å². The summed E-state index contributed by atoms with van der Waals surface area (Å²) in [6.07, 6.45) is 3.62. The molecule has 0 saturated carbocycles. The molecule has 0 spiro atoms. The minimum atomic E-state index is -3.68. The highest BCUT2D eigenvalue weighted by atomic mass is 32.2. The van der Waals surface area contributed by atoms with E-state index in [9.17, 15) is 13.2 Å². The molecule has 1 aromatic carbocycles. The number of hydrogen-bond donors (Lipinski definition) is 1. The highest BCUT2D eigenvalue weighted by Gasteiger charge is 2.34. The lowest BCUT2D eigenvalue weighted by atomic mass is 10.2. The first-order valence-corrected chi connectivity index (χ1v) is 9.60. The third-order valence-corrected chi connectivity index (χ3v) is 6.13. The van der Waals surface area contributed by atoms with Gasteiger partial charge < -0.3 is 14.8 Å². The van der Waals surface area contributed by atoms with Crippen LogP contribution in [0.1, 0.15) is 6.42 Å². The second kappa shape index (κ2) is 6.58. The summed E-state index contributed by atoms with van der Waals surface area (Å²) in [5.41, 5.74) is 0.365. The molecule has 1 fully saturated rings. The SMILES string of the molecule is O=C1COc2ccc(S(=O)(=O)N3CCC(Oc4cccnc4)C3)cc2N1. The lowest BCUT2D eigenvalue weighted by Crippen LogP contribution is -2.31. The van der Waals surface area contributed by atoms with Crippen molar-refractivity contribution in [2.75, 3.05) is 25.0 Å². The molecule has 2 aliphatic heterocycles. The normalized spacial score (nSPS) is 20.2. The van der Waals surface area contributed by atoms with E-state index in [1.807, 2.05) is 0 Å². The smallest absolute Gasteiger partial charge is 0.262 e. The first-order valence-electron chi connectivity index (χ1n) is 8.16. The van der Waals surface area contributed by atoms with Crippen LogP contribution in [-0.2, 0) is 14.8 Å². The maximum Gasteiger partial charge on any atom is 0.262 e. The summed E-state index contributed by atoms with van der Waals surface area (Å²) in [5, 5.41) is 2.63. The van der Waals surface area contributed by atoms with E-state index in [2.05, 4.69) is 10.3 Å². The Bertz CT molecular complexity index is 933. The molecule has 2 aliphatic rings. The summed E-state index contributed by atoms with van der Waals surface area (Å²) in [4.78, 5) is 15.5. The number of nitrogens with one attached hydrogen (secondary N) is 1. The Morgan fingerprint density at radius 1 is 1.31 bits per heavy atom. The number of amides is 1. The number of hydrogen-bond acceptors (Lipinski definition) is 6. The predicted molar refractivity (Wildman–Crippen MR) is 92.6 cm³/mol. The third kappa shape index (κ3) is 3.23. The van der Waals surface area contributed by atoms with Gasteiger partial charge in [0, 0.05) is 12.7 Å². The van der Waals surface area contributed by atoms with Crippen LogP contribution in [0.2, 0.25) is 0 Å². The molecule has 1 N–H and O–H groups in total. The molecular weight excluding hydrogens is 358 g/mol. The molecule has 0 radical (unpaired) electrons. The van der Waals surface area contributed by atoms with E-state index >= 15 is 0 Å². The Balaban J connectivity index is 1.50. The van der Waals surface area contributed by atoms with Crippen LogP contribution in [0.3, 0.4) is 0 Å². The predicted octanol–water partition coefficient (Wildman–Crippen LogP) is 1.25. The number of rotatable bonds is 4. The van der Waals surface area contributed by atoms with Gasteiger partial charge in [-0.15, -0.1) is 0 Å². The van der Waals surface area contributed by atoms with Crippen molar-refractivity contribution in [3.8, 4) is 11.5 Å². The van der Waals surface area contributed by atoms with Crippen molar-refractivity contribution in [1.29, 1.82) is 0 Å². The quantitative estimate of drug-likeness (QED) is 0.864. The Kier molecular flexibility index (Phi) is 4.25. The minimum absolute atomic E-state index is 0.0708. The molecule has 1 atom stereocenters. The number of sulfonamides is 1. The van der Waals surface area contributed by atoms with Crippen molar-refractivity contribution in [3.05, 3.63) is 42.7 Å². The summed E-state index contributed by atoms with van der Waals surface area (Å²) < 4.78 is 38.3. The zero-order valence-electron chi connectivity index (χ0n) is 13.8. The van der Waals surface area contributed by atoms with Crippen LogP contribution in [0, 0.1) is 0 Å². The van der Waals surface area contributed by atoms with Crippen LogP contribution in [0.4, 0.5) is 5.69 Å². The molecule has 1 unspecified atom stereocenters. The summed E-state index contributed by atoms with van der Waals surface area (Å²) >= 11 is 0. The first-order chi connectivity index (χ1) is 12.5. The molecule has 2 aromatic rings. The standard InChI is InChI=1S/C17H17N3O5S/c21-17-11-24-16-4-3-14(8-15(16)19-17)26(22,23)20-7-5-13(10-20)25-12-2-1-6-18-9-12/h1-4,6,8-9,13H,5,7,10-11H2,(H,19,21). The van der Waals surface area contributed by atoms with Gasteiger partial charge in [-0.3, -0.25) is 9.78 Å². The maximum absolute atomic E-state index is 12.9. The van der Waals surface area contributed by atoms with Crippen molar-refractivity contribution in [3.63, 3.8) is 0 Å². The zero-order valence-corrected chi connectivity index (χ0v) is 14.6. The lowest BCUT2D eigenvalue weighted by Gasteiger charge is -2.21. The summed E-state index contributed by atoms with van der Waals surface area (Å²) in [7, 11) is -3.68. The van der Waals surface area contributed by atoms with Crippen LogP contribution in [0.15, 0.2) is 47.6 Å². The molecule has 8 nitrogen and oxygen atoms in total. The number of nitrogens with zero attached hydrogens (tertiary/aromatic N) is 2. The summed E-state index contributed by atoms with van der Waals surface area (Å²) in [6, 6.07) is 8.03. The van der Waals surface area contributed by atoms with Crippen molar-refractivity contribution in [2.45, 2.75) is 17.4 Å². The number of benzene rings is 1. The molecule has 136 valence electrons. The van der Waals surface area contributed by atoms with Gasteiger partial charge in [0.05, 0.1) is 23.3 Å². The lowest BCUT2D eigenvalue weighted by molar-refractivity contribution is -0.118. The number of carbonyl (C=O) groups is 1. The number of fused-ring (bicyclic) bond motifs is 1. The fourth-order valence-electron chi connectivity index (χ4n) is 2.99. The number of pyridine rings is 1. The van der Waals surface area contributed by atoms with Crippen molar-refractivity contribution < 1.29 is 22.7 Å². The molecule has 1 amide bonds. The van der Waals surface area contributed by atoms with Crippen molar-refractivity contribution in [1.82, 2.24) is 9.29 Å². The van der Waals surface area contributed by atoms with Crippen LogP contribution < -0.4 is 14.8 Å². The van der Waals surface area contributed by atoms with E-state index in [0.717, 1.165) is 0 Å². The van der Waals surface area contributed by atoms with E-state index in [4.69, 9.17) is 9.47 Å². The number of carbonyl (C=O) groups excluding carboxylic acids is 1. The monoisotopic (exact) mass is 375 g/mol. The van der Waals surface area contributed by atoms with Gasteiger partial charge in [0.2, 0.25) is 10.0 Å². The van der Waals surface area contributed by atoms with Gasteiger partial charge in [0.25, 0.3) is 5.91 Å². The number of ether oxygens (including phenoxy) is 2. The second-order valence-electron chi connectivity index (χ2n) is 6.08.